The maximum absolute atomic E-state index is 12.9. The summed E-state index contributed by atoms with van der Waals surface area (Å²) < 4.78 is 60.5. The Morgan fingerprint density at radius 2 is 1.95 bits per heavy atom. The van der Waals surface area contributed by atoms with Crippen LogP contribution in [0.4, 0.5) is 34.1 Å². The summed E-state index contributed by atoms with van der Waals surface area (Å²) in [5.41, 5.74) is -0.0142. The van der Waals surface area contributed by atoms with Gasteiger partial charge in [-0.2, -0.15) is 17.5 Å². The summed E-state index contributed by atoms with van der Waals surface area (Å²) in [7, 11) is 0. The fraction of sp³-hybridized carbons (Fsp3) is 0.435. The molecule has 14 heteroatoms. The van der Waals surface area contributed by atoms with E-state index in [-0.39, 0.29) is 18.1 Å². The van der Waals surface area contributed by atoms with Gasteiger partial charge in [-0.05, 0) is 56.4 Å². The number of hydrogen-bond acceptors (Lipinski definition) is 9. The quantitative estimate of drug-likeness (QED) is 0.377. The number of rotatable bonds is 9. The van der Waals surface area contributed by atoms with Crippen LogP contribution < -0.4 is 15.4 Å². The second-order valence-corrected chi connectivity index (χ2v) is 9.28. The summed E-state index contributed by atoms with van der Waals surface area (Å²) in [5.74, 6) is 0.387. The van der Waals surface area contributed by atoms with Crippen LogP contribution in [-0.4, -0.2) is 63.0 Å². The number of carbonyl (C=O) groups excluding carboxylic acids is 1. The van der Waals surface area contributed by atoms with Crippen LogP contribution in [-0.2, 0) is 6.18 Å². The average Bonchev–Trinajstić information content (AvgIpc) is 3.24. The molecule has 0 spiro atoms. The maximum atomic E-state index is 12.9. The van der Waals surface area contributed by atoms with Gasteiger partial charge >= 0.3 is 6.18 Å². The van der Waals surface area contributed by atoms with Gasteiger partial charge in [0.25, 0.3) is 5.91 Å². The van der Waals surface area contributed by atoms with E-state index in [4.69, 9.17) is 4.74 Å². The highest BCUT2D eigenvalue weighted by Gasteiger charge is 2.33. The van der Waals surface area contributed by atoms with Crippen molar-refractivity contribution < 1.29 is 27.1 Å². The van der Waals surface area contributed by atoms with E-state index in [1.807, 2.05) is 0 Å². The molecule has 0 saturated carbocycles. The zero-order chi connectivity index (χ0) is 26.4. The van der Waals surface area contributed by atoms with E-state index in [0.717, 1.165) is 43.7 Å². The Morgan fingerprint density at radius 1 is 1.16 bits per heavy atom. The molecule has 4 heterocycles. The number of likely N-dealkylation sites (tertiary alicyclic amines) is 1. The second-order valence-electron chi connectivity index (χ2n) is 8.51. The zero-order valence-corrected chi connectivity index (χ0v) is 20.7. The Kier molecular flexibility index (Phi) is 8.48. The third-order valence-electron chi connectivity index (χ3n) is 5.84. The minimum atomic E-state index is -4.60. The van der Waals surface area contributed by atoms with Crippen LogP contribution in [0.1, 0.15) is 34.6 Å². The van der Waals surface area contributed by atoms with Crippen LogP contribution in [0.25, 0.3) is 0 Å². The smallest absolute Gasteiger partial charge is 0.434 e. The fourth-order valence-electron chi connectivity index (χ4n) is 3.81. The molecule has 0 radical (unpaired) electrons. The lowest BCUT2D eigenvalue weighted by Gasteiger charge is -2.30. The number of aromatic nitrogens is 4. The number of anilines is 3. The van der Waals surface area contributed by atoms with Crippen LogP contribution in [0.15, 0.2) is 30.7 Å². The van der Waals surface area contributed by atoms with Crippen LogP contribution in [0, 0.1) is 12.8 Å². The molecule has 0 aromatic carbocycles. The van der Waals surface area contributed by atoms with Crippen LogP contribution in [0.5, 0.6) is 5.88 Å². The molecule has 0 aliphatic carbocycles. The second kappa shape index (κ2) is 11.8. The van der Waals surface area contributed by atoms with E-state index in [9.17, 15) is 22.4 Å². The first kappa shape index (κ1) is 26.7. The molecule has 1 amide bonds. The molecule has 1 saturated heterocycles. The number of aryl methyl sites for hydroxylation is 1. The summed E-state index contributed by atoms with van der Waals surface area (Å²) in [6.45, 7) is 4.02. The molecule has 3 aromatic heterocycles. The van der Waals surface area contributed by atoms with Crippen LogP contribution in [0.2, 0.25) is 0 Å². The third kappa shape index (κ3) is 7.10. The van der Waals surface area contributed by atoms with Gasteiger partial charge in [-0.3, -0.25) is 4.79 Å². The van der Waals surface area contributed by atoms with E-state index >= 15 is 0 Å². The standard InChI is InChI=1S/C23H25F4N7O2S/c1-14-20(22(37-33-14)32-18-12-28-17(11-29-18)23(25,26)27)21(35)31-16-2-3-19(30-10-16)36-13-15-4-7-34(8-5-15)9-6-24/h2-3,10-12,15H,4-9,13H2,1H3,(H,29,32)(H,31,35). The van der Waals surface area contributed by atoms with Gasteiger partial charge in [0, 0.05) is 12.6 Å². The van der Waals surface area contributed by atoms with Crippen molar-refractivity contribution in [2.75, 3.05) is 43.5 Å². The summed E-state index contributed by atoms with van der Waals surface area (Å²) in [4.78, 5) is 26.4. The molecule has 1 aliphatic rings. The topological polar surface area (TPSA) is 105 Å². The summed E-state index contributed by atoms with van der Waals surface area (Å²) >= 11 is 0.976. The normalized spacial score (nSPS) is 14.9. The van der Waals surface area contributed by atoms with Crippen molar-refractivity contribution in [3.63, 3.8) is 0 Å². The van der Waals surface area contributed by atoms with Gasteiger partial charge in [0.15, 0.2) is 5.69 Å². The molecule has 0 unspecified atom stereocenters. The van der Waals surface area contributed by atoms with Crippen LogP contribution in [0.3, 0.4) is 0 Å². The molecule has 198 valence electrons. The van der Waals surface area contributed by atoms with Crippen LogP contribution >= 0.6 is 11.5 Å². The molecule has 3 aromatic rings. The van der Waals surface area contributed by atoms with E-state index in [1.54, 1.807) is 19.1 Å². The van der Waals surface area contributed by atoms with Crippen molar-refractivity contribution >= 4 is 33.9 Å². The van der Waals surface area contributed by atoms with Crippen molar-refractivity contribution in [2.45, 2.75) is 25.9 Å². The number of piperidine rings is 1. The molecule has 9 nitrogen and oxygen atoms in total. The molecule has 1 aliphatic heterocycles. The number of pyridine rings is 1. The van der Waals surface area contributed by atoms with Crippen molar-refractivity contribution in [1.82, 2.24) is 24.2 Å². The van der Waals surface area contributed by atoms with Gasteiger partial charge < -0.3 is 20.3 Å². The largest absolute Gasteiger partial charge is 0.477 e. The fourth-order valence-corrected chi connectivity index (χ4v) is 4.61. The van der Waals surface area contributed by atoms with Crippen molar-refractivity contribution in [1.29, 1.82) is 0 Å². The average molecular weight is 540 g/mol. The van der Waals surface area contributed by atoms with E-state index in [0.29, 0.717) is 47.5 Å². The molecular weight excluding hydrogens is 514 g/mol. The third-order valence-corrected chi connectivity index (χ3v) is 6.70. The van der Waals surface area contributed by atoms with Gasteiger partial charge in [0.1, 0.15) is 17.5 Å². The number of nitrogens with zero attached hydrogens (tertiary/aromatic N) is 5. The van der Waals surface area contributed by atoms with Gasteiger partial charge in [0.05, 0.1) is 42.1 Å². The minimum absolute atomic E-state index is 0.0435. The predicted molar refractivity (Wildman–Crippen MR) is 130 cm³/mol. The number of hydrogen-bond donors (Lipinski definition) is 2. The Bertz CT molecular complexity index is 1180. The minimum Gasteiger partial charge on any atom is -0.477 e. The predicted octanol–water partition coefficient (Wildman–Crippen LogP) is 4.71. The monoisotopic (exact) mass is 539 g/mol. The highest BCUT2D eigenvalue weighted by Crippen LogP contribution is 2.30. The molecule has 2 N–H and O–H groups in total. The lowest BCUT2D eigenvalue weighted by atomic mass is 9.98. The molecule has 0 bridgehead atoms. The first-order valence-electron chi connectivity index (χ1n) is 11.5. The number of ether oxygens (including phenoxy) is 1. The molecular formula is C23H25F4N7O2S. The number of halogens is 4. The number of nitrogens with one attached hydrogen (secondary N) is 2. The summed E-state index contributed by atoms with van der Waals surface area (Å²) in [5, 5.41) is 5.86. The number of carbonyl (C=O) groups is 1. The Morgan fingerprint density at radius 3 is 2.57 bits per heavy atom. The lowest BCUT2D eigenvalue weighted by Crippen LogP contribution is -2.36. The Balaban J connectivity index is 1.32. The Hall–Kier alpha value is -3.39. The number of alkyl halides is 4. The summed E-state index contributed by atoms with van der Waals surface area (Å²) in [6, 6.07) is 3.32. The Labute approximate surface area is 214 Å². The molecule has 0 atom stereocenters. The zero-order valence-electron chi connectivity index (χ0n) is 19.9. The SMILES string of the molecule is Cc1nsc(Nc2cnc(C(F)(F)F)cn2)c1C(=O)Nc1ccc(OCC2CCN(CCF)CC2)nc1. The highest BCUT2D eigenvalue weighted by molar-refractivity contribution is 7.10. The van der Waals surface area contributed by atoms with Crippen molar-refractivity contribution in [2.24, 2.45) is 5.92 Å². The van der Waals surface area contributed by atoms with Gasteiger partial charge in [-0.1, -0.05) is 0 Å². The first-order valence-corrected chi connectivity index (χ1v) is 12.3. The highest BCUT2D eigenvalue weighted by atomic mass is 32.1. The van der Waals surface area contributed by atoms with E-state index in [1.165, 1.54) is 6.20 Å². The molecule has 37 heavy (non-hydrogen) atoms. The van der Waals surface area contributed by atoms with Crippen molar-refractivity contribution in [3.05, 3.63) is 47.7 Å². The maximum Gasteiger partial charge on any atom is 0.434 e. The van der Waals surface area contributed by atoms with Gasteiger partial charge in [0.2, 0.25) is 5.88 Å². The lowest BCUT2D eigenvalue weighted by molar-refractivity contribution is -0.141. The molecule has 4 rings (SSSR count). The van der Waals surface area contributed by atoms with Crippen molar-refractivity contribution in [3.8, 4) is 5.88 Å². The van der Waals surface area contributed by atoms with Gasteiger partial charge in [-0.25, -0.2) is 19.3 Å². The summed E-state index contributed by atoms with van der Waals surface area (Å²) in [6.07, 6.45) is 0.311. The van der Waals surface area contributed by atoms with E-state index < -0.39 is 17.8 Å². The van der Waals surface area contributed by atoms with Gasteiger partial charge in [-0.15, -0.1) is 0 Å². The molecule has 1 fully saturated rings. The van der Waals surface area contributed by atoms with E-state index in [2.05, 4.69) is 34.9 Å². The number of amides is 1. The first-order chi connectivity index (χ1) is 17.7.